The quantitative estimate of drug-likeness (QED) is 0.534. The lowest BCUT2D eigenvalue weighted by atomic mass is 10.2. The number of primary amides is 1. The van der Waals surface area contributed by atoms with E-state index in [9.17, 15) is 4.79 Å². The maximum Gasteiger partial charge on any atom is 0.248 e. The monoisotopic (exact) mass is 153 g/mol. The fourth-order valence-electron chi connectivity index (χ4n) is 0.602. The van der Waals surface area contributed by atoms with Gasteiger partial charge in [0.05, 0.1) is 0 Å². The highest BCUT2D eigenvalue weighted by atomic mass is 28.1. The summed E-state index contributed by atoms with van der Waals surface area (Å²) < 4.78 is 0. The molecule has 0 bridgehead atoms. The zero-order valence-corrected chi connectivity index (χ0v) is 4.87. The number of carbonyl (C=O) groups excluding carboxylic acids is 1. The summed E-state index contributed by atoms with van der Waals surface area (Å²) in [5.41, 5.74) is 5.53. The molecular formula is C7H11NOSi. The zero-order chi connectivity index (χ0) is 6.69. The molecule has 2 nitrogen and oxygen atoms in total. The molecule has 1 aromatic carbocycles. The van der Waals surface area contributed by atoms with E-state index in [1.165, 1.54) is 0 Å². The van der Waals surface area contributed by atoms with E-state index in [0.29, 0.717) is 5.56 Å². The molecule has 54 valence electrons. The number of nitrogens with two attached hydrogens (primary N) is 1. The van der Waals surface area contributed by atoms with Gasteiger partial charge < -0.3 is 5.73 Å². The maximum atomic E-state index is 10.4. The molecule has 1 aromatic rings. The standard InChI is InChI=1S/C7H7NO.H4Si/c8-7(9)6-4-2-1-3-5-6;/h1-5H,(H2,8,9);1H4. The van der Waals surface area contributed by atoms with Gasteiger partial charge in [-0.05, 0) is 23.1 Å². The fraction of sp³-hybridized carbons (Fsp3) is 0. The molecule has 0 atom stereocenters. The van der Waals surface area contributed by atoms with Gasteiger partial charge in [-0.1, -0.05) is 18.2 Å². The van der Waals surface area contributed by atoms with Crippen LogP contribution in [0.5, 0.6) is 0 Å². The second-order valence-corrected chi connectivity index (χ2v) is 1.73. The molecule has 0 radical (unpaired) electrons. The Bertz CT molecular complexity index is 210. The number of benzene rings is 1. The molecule has 10 heavy (non-hydrogen) atoms. The van der Waals surface area contributed by atoms with Gasteiger partial charge >= 0.3 is 0 Å². The van der Waals surface area contributed by atoms with E-state index in [-0.39, 0.29) is 16.9 Å². The minimum atomic E-state index is -0.379. The van der Waals surface area contributed by atoms with Crippen molar-refractivity contribution in [2.24, 2.45) is 5.73 Å². The van der Waals surface area contributed by atoms with Gasteiger partial charge in [-0.25, -0.2) is 0 Å². The van der Waals surface area contributed by atoms with Gasteiger partial charge in [0, 0.05) is 5.56 Å². The van der Waals surface area contributed by atoms with Crippen molar-refractivity contribution in [1.29, 1.82) is 0 Å². The first kappa shape index (κ1) is 8.91. The predicted molar refractivity (Wildman–Crippen MR) is 46.3 cm³/mol. The molecule has 0 spiro atoms. The predicted octanol–water partition coefficient (Wildman–Crippen LogP) is -0.666. The van der Waals surface area contributed by atoms with Gasteiger partial charge in [0.2, 0.25) is 5.91 Å². The van der Waals surface area contributed by atoms with Gasteiger partial charge in [0.25, 0.3) is 0 Å². The van der Waals surface area contributed by atoms with Crippen molar-refractivity contribution >= 4 is 16.9 Å². The third-order valence-electron chi connectivity index (χ3n) is 1.06. The molecule has 0 unspecified atom stereocenters. The highest BCUT2D eigenvalue weighted by molar-refractivity contribution is 5.92. The topological polar surface area (TPSA) is 43.1 Å². The van der Waals surface area contributed by atoms with Crippen LogP contribution >= 0.6 is 0 Å². The van der Waals surface area contributed by atoms with Crippen LogP contribution in [0.25, 0.3) is 0 Å². The summed E-state index contributed by atoms with van der Waals surface area (Å²) in [6.45, 7) is 0. The Kier molecular flexibility index (Phi) is 3.42. The molecule has 0 saturated heterocycles. The summed E-state index contributed by atoms with van der Waals surface area (Å²) in [5.74, 6) is -0.379. The summed E-state index contributed by atoms with van der Waals surface area (Å²) in [5, 5.41) is 0. The lowest BCUT2D eigenvalue weighted by Crippen LogP contribution is -2.09. The second-order valence-electron chi connectivity index (χ2n) is 1.73. The molecule has 3 heteroatoms. The highest BCUT2D eigenvalue weighted by Crippen LogP contribution is 1.94. The minimum Gasteiger partial charge on any atom is -0.366 e. The Morgan fingerprint density at radius 2 is 1.70 bits per heavy atom. The summed E-state index contributed by atoms with van der Waals surface area (Å²) in [4.78, 5) is 10.4. The molecule has 0 aliphatic rings. The van der Waals surface area contributed by atoms with Crippen molar-refractivity contribution in [2.75, 3.05) is 0 Å². The van der Waals surface area contributed by atoms with Crippen molar-refractivity contribution in [3.8, 4) is 0 Å². The van der Waals surface area contributed by atoms with Crippen LogP contribution in [-0.4, -0.2) is 16.9 Å². The third-order valence-corrected chi connectivity index (χ3v) is 1.06. The maximum absolute atomic E-state index is 10.4. The van der Waals surface area contributed by atoms with E-state index in [2.05, 4.69) is 0 Å². The number of hydrogen-bond acceptors (Lipinski definition) is 1. The van der Waals surface area contributed by atoms with E-state index >= 15 is 0 Å². The summed E-state index contributed by atoms with van der Waals surface area (Å²) in [6.07, 6.45) is 0. The highest BCUT2D eigenvalue weighted by Gasteiger charge is 1.93. The molecule has 0 fully saturated rings. The average molecular weight is 153 g/mol. The normalized spacial score (nSPS) is 8.00. The minimum absolute atomic E-state index is 0. The van der Waals surface area contributed by atoms with Crippen LogP contribution in [0, 0.1) is 0 Å². The molecule has 0 heterocycles. The van der Waals surface area contributed by atoms with Crippen LogP contribution < -0.4 is 5.73 Å². The lowest BCUT2D eigenvalue weighted by molar-refractivity contribution is 0.100. The first-order valence-corrected chi connectivity index (χ1v) is 2.65. The van der Waals surface area contributed by atoms with Crippen molar-refractivity contribution in [2.45, 2.75) is 0 Å². The van der Waals surface area contributed by atoms with Gasteiger partial charge in [-0.3, -0.25) is 4.79 Å². The molecule has 0 aliphatic carbocycles. The lowest BCUT2D eigenvalue weighted by Gasteiger charge is -1.89. The number of hydrogen-bond donors (Lipinski definition) is 1. The van der Waals surface area contributed by atoms with Gasteiger partial charge in [-0.15, -0.1) is 0 Å². The van der Waals surface area contributed by atoms with E-state index in [0.717, 1.165) is 0 Å². The van der Waals surface area contributed by atoms with Crippen LogP contribution in [-0.2, 0) is 0 Å². The van der Waals surface area contributed by atoms with Gasteiger partial charge in [0.15, 0.2) is 0 Å². The SMILES string of the molecule is NC(=O)c1ccccc1.[SiH4]. The summed E-state index contributed by atoms with van der Waals surface area (Å²) in [7, 11) is 0. The van der Waals surface area contributed by atoms with Crippen LogP contribution in [0.2, 0.25) is 0 Å². The van der Waals surface area contributed by atoms with Crippen LogP contribution in [0.1, 0.15) is 10.4 Å². The molecule has 0 aliphatic heterocycles. The molecule has 2 N–H and O–H groups in total. The summed E-state index contributed by atoms with van der Waals surface area (Å²) >= 11 is 0. The number of carbonyl (C=O) groups is 1. The smallest absolute Gasteiger partial charge is 0.248 e. The molecule has 1 rings (SSSR count). The summed E-state index contributed by atoms with van der Waals surface area (Å²) in [6, 6.07) is 8.76. The Morgan fingerprint density at radius 1 is 1.20 bits per heavy atom. The number of amides is 1. The van der Waals surface area contributed by atoms with E-state index in [1.54, 1.807) is 24.3 Å². The van der Waals surface area contributed by atoms with Gasteiger partial charge in [-0.2, -0.15) is 0 Å². The Hall–Kier alpha value is -1.09. The Morgan fingerprint density at radius 3 is 2.00 bits per heavy atom. The first-order chi connectivity index (χ1) is 4.30. The Balaban J connectivity index is 0.000000810. The van der Waals surface area contributed by atoms with Crippen LogP contribution in [0.3, 0.4) is 0 Å². The largest absolute Gasteiger partial charge is 0.366 e. The molecular weight excluding hydrogens is 142 g/mol. The molecule has 1 amide bonds. The second kappa shape index (κ2) is 3.84. The fourth-order valence-corrected chi connectivity index (χ4v) is 0.602. The number of rotatable bonds is 1. The average Bonchev–Trinajstić information content (AvgIpc) is 1.90. The van der Waals surface area contributed by atoms with Crippen molar-refractivity contribution in [3.05, 3.63) is 35.9 Å². The Labute approximate surface area is 64.1 Å². The first-order valence-electron chi connectivity index (χ1n) is 2.65. The van der Waals surface area contributed by atoms with E-state index in [1.807, 2.05) is 6.07 Å². The molecule has 0 saturated carbocycles. The third kappa shape index (κ3) is 2.03. The van der Waals surface area contributed by atoms with Crippen molar-refractivity contribution in [3.63, 3.8) is 0 Å². The van der Waals surface area contributed by atoms with E-state index in [4.69, 9.17) is 5.73 Å². The van der Waals surface area contributed by atoms with Crippen molar-refractivity contribution in [1.82, 2.24) is 0 Å². The zero-order valence-electron chi connectivity index (χ0n) is 4.87. The van der Waals surface area contributed by atoms with E-state index < -0.39 is 0 Å². The van der Waals surface area contributed by atoms with Crippen molar-refractivity contribution < 1.29 is 4.79 Å². The van der Waals surface area contributed by atoms with Gasteiger partial charge in [0.1, 0.15) is 0 Å². The van der Waals surface area contributed by atoms with Crippen LogP contribution in [0.15, 0.2) is 30.3 Å². The molecule has 0 aromatic heterocycles. The van der Waals surface area contributed by atoms with Crippen LogP contribution in [0.4, 0.5) is 0 Å².